The van der Waals surface area contributed by atoms with Crippen molar-refractivity contribution in [3.05, 3.63) is 18.9 Å². The topological polar surface area (TPSA) is 48.9 Å². The van der Waals surface area contributed by atoms with E-state index in [9.17, 15) is 0 Å². The maximum Gasteiger partial charge on any atom is 0.229 e. The summed E-state index contributed by atoms with van der Waals surface area (Å²) in [6.07, 6.45) is 3.23. The molecule has 10 heavy (non-hydrogen) atoms. The lowest BCUT2D eigenvalue weighted by Crippen LogP contribution is -1.74. The molecule has 3 nitrogen and oxygen atoms in total. The molecule has 0 fully saturated rings. The average Bonchev–Trinajstić information content (AvgIpc) is 2.31. The summed E-state index contributed by atoms with van der Waals surface area (Å²) in [5.74, 6) is 0.832. The molecule has 54 valence electrons. The van der Waals surface area contributed by atoms with E-state index in [-0.39, 0.29) is 5.88 Å². The lowest BCUT2D eigenvalue weighted by molar-refractivity contribution is 0.454. The molecule has 0 atom stereocenters. The molecule has 0 aliphatic carbocycles. The minimum Gasteiger partial charge on any atom is -0.492 e. The Morgan fingerprint density at radius 1 is 1.90 bits per heavy atom. The number of rotatable bonds is 3. The molecule has 0 unspecified atom stereocenters. The van der Waals surface area contributed by atoms with Gasteiger partial charge in [-0.3, -0.25) is 0 Å². The van der Waals surface area contributed by atoms with Gasteiger partial charge >= 0.3 is 0 Å². The molecule has 1 rings (SSSR count). The van der Waals surface area contributed by atoms with E-state index in [2.05, 4.69) is 16.5 Å². The summed E-state index contributed by atoms with van der Waals surface area (Å²) in [5.41, 5.74) is 0. The first kappa shape index (κ1) is 7.21. The SMILES string of the molecule is C=CCSc1nc(O)c[nH]1. The van der Waals surface area contributed by atoms with Crippen molar-refractivity contribution in [2.45, 2.75) is 5.16 Å². The van der Waals surface area contributed by atoms with E-state index in [1.807, 2.05) is 0 Å². The van der Waals surface area contributed by atoms with Crippen molar-refractivity contribution < 1.29 is 5.11 Å². The fourth-order valence-electron chi connectivity index (χ4n) is 0.507. The van der Waals surface area contributed by atoms with Crippen molar-refractivity contribution in [1.29, 1.82) is 0 Å². The van der Waals surface area contributed by atoms with Crippen LogP contribution in [0.25, 0.3) is 0 Å². The molecule has 0 amide bonds. The Labute approximate surface area is 63.2 Å². The van der Waals surface area contributed by atoms with Gasteiger partial charge in [-0.05, 0) is 0 Å². The highest BCUT2D eigenvalue weighted by atomic mass is 32.2. The quantitative estimate of drug-likeness (QED) is 0.513. The number of aromatic amines is 1. The summed E-state index contributed by atoms with van der Waals surface area (Å²) >= 11 is 1.50. The third kappa shape index (κ3) is 1.80. The van der Waals surface area contributed by atoms with Crippen molar-refractivity contribution >= 4 is 11.8 Å². The molecule has 0 radical (unpaired) electrons. The first-order valence-corrected chi connectivity index (χ1v) is 3.79. The van der Waals surface area contributed by atoms with Crippen molar-refractivity contribution in [3.8, 4) is 5.88 Å². The van der Waals surface area contributed by atoms with Crippen molar-refractivity contribution in [1.82, 2.24) is 9.97 Å². The Kier molecular flexibility index (Phi) is 2.39. The molecule has 2 N–H and O–H groups in total. The van der Waals surface area contributed by atoms with Crippen molar-refractivity contribution in [2.24, 2.45) is 0 Å². The summed E-state index contributed by atoms with van der Waals surface area (Å²) in [5, 5.41) is 9.49. The Bertz CT molecular complexity index is 221. The fraction of sp³-hybridized carbons (Fsp3) is 0.167. The summed E-state index contributed by atoms with van der Waals surface area (Å²) in [7, 11) is 0. The summed E-state index contributed by atoms with van der Waals surface area (Å²) in [6.45, 7) is 3.56. The Balaban J connectivity index is 2.49. The lowest BCUT2D eigenvalue weighted by Gasteiger charge is -1.87. The standard InChI is InChI=1S/C6H8N2OS/c1-2-3-10-6-7-4-5(9)8-6/h2,4,9H,1,3H2,(H,7,8). The molecule has 4 heteroatoms. The number of hydrogen-bond acceptors (Lipinski definition) is 3. The summed E-state index contributed by atoms with van der Waals surface area (Å²) in [4.78, 5) is 6.56. The molecular formula is C6H8N2OS. The highest BCUT2D eigenvalue weighted by Crippen LogP contribution is 2.15. The van der Waals surface area contributed by atoms with Crippen LogP contribution in [0.1, 0.15) is 0 Å². The highest BCUT2D eigenvalue weighted by molar-refractivity contribution is 7.99. The first-order chi connectivity index (χ1) is 4.83. The van der Waals surface area contributed by atoms with Crippen LogP contribution in [0, 0.1) is 0 Å². The third-order valence-corrected chi connectivity index (χ3v) is 1.76. The van der Waals surface area contributed by atoms with Crippen molar-refractivity contribution in [3.63, 3.8) is 0 Å². The van der Waals surface area contributed by atoms with Gasteiger partial charge in [0.1, 0.15) is 0 Å². The minimum atomic E-state index is 0.0339. The van der Waals surface area contributed by atoms with E-state index >= 15 is 0 Å². The lowest BCUT2D eigenvalue weighted by atomic mass is 10.8. The van der Waals surface area contributed by atoms with E-state index in [0.717, 1.165) is 10.9 Å². The molecule has 0 aromatic carbocycles. The third-order valence-electron chi connectivity index (χ3n) is 0.879. The fourth-order valence-corrected chi connectivity index (χ4v) is 1.08. The molecule has 0 spiro atoms. The Hall–Kier alpha value is -0.900. The smallest absolute Gasteiger partial charge is 0.229 e. The molecule has 0 aliphatic heterocycles. The van der Waals surface area contributed by atoms with E-state index in [0.29, 0.717) is 0 Å². The van der Waals surface area contributed by atoms with Gasteiger partial charge in [0.15, 0.2) is 5.16 Å². The van der Waals surface area contributed by atoms with Gasteiger partial charge in [0, 0.05) is 5.75 Å². The van der Waals surface area contributed by atoms with Crippen LogP contribution >= 0.6 is 11.8 Å². The Morgan fingerprint density at radius 2 is 2.70 bits per heavy atom. The zero-order valence-corrected chi connectivity index (χ0v) is 6.19. The highest BCUT2D eigenvalue weighted by Gasteiger charge is 1.96. The van der Waals surface area contributed by atoms with E-state index in [1.165, 1.54) is 18.0 Å². The molecular weight excluding hydrogens is 148 g/mol. The second-order valence-corrected chi connectivity index (χ2v) is 2.67. The largest absolute Gasteiger partial charge is 0.492 e. The van der Waals surface area contributed by atoms with Gasteiger partial charge in [0.05, 0.1) is 6.20 Å². The van der Waals surface area contributed by atoms with Crippen LogP contribution < -0.4 is 0 Å². The summed E-state index contributed by atoms with van der Waals surface area (Å²) < 4.78 is 0. The van der Waals surface area contributed by atoms with Crippen LogP contribution in [0.3, 0.4) is 0 Å². The number of aromatic nitrogens is 2. The summed E-state index contributed by atoms with van der Waals surface area (Å²) in [6, 6.07) is 0. The Morgan fingerprint density at radius 3 is 3.20 bits per heavy atom. The van der Waals surface area contributed by atoms with Crippen LogP contribution in [0.5, 0.6) is 5.88 Å². The number of H-pyrrole nitrogens is 1. The number of nitrogens with one attached hydrogen (secondary N) is 1. The zero-order valence-electron chi connectivity index (χ0n) is 5.37. The maximum atomic E-state index is 8.77. The number of imidazole rings is 1. The molecule has 0 aliphatic rings. The van der Waals surface area contributed by atoms with Crippen LogP contribution in [0.4, 0.5) is 0 Å². The van der Waals surface area contributed by atoms with Crippen LogP contribution in [-0.2, 0) is 0 Å². The normalized spacial score (nSPS) is 9.60. The monoisotopic (exact) mass is 156 g/mol. The van der Waals surface area contributed by atoms with Crippen LogP contribution in [-0.4, -0.2) is 20.8 Å². The van der Waals surface area contributed by atoms with E-state index in [4.69, 9.17) is 5.11 Å². The number of thioether (sulfide) groups is 1. The van der Waals surface area contributed by atoms with Gasteiger partial charge in [0.25, 0.3) is 0 Å². The number of hydrogen-bond donors (Lipinski definition) is 2. The van der Waals surface area contributed by atoms with E-state index in [1.54, 1.807) is 6.08 Å². The molecule has 0 saturated heterocycles. The van der Waals surface area contributed by atoms with Gasteiger partial charge in [-0.15, -0.1) is 6.58 Å². The zero-order chi connectivity index (χ0) is 7.40. The molecule has 0 saturated carbocycles. The molecule has 1 aromatic rings. The predicted octanol–water partition coefficient (Wildman–Crippen LogP) is 1.39. The van der Waals surface area contributed by atoms with Gasteiger partial charge in [-0.25, -0.2) is 0 Å². The average molecular weight is 156 g/mol. The van der Waals surface area contributed by atoms with Crippen LogP contribution in [0.15, 0.2) is 24.0 Å². The number of nitrogens with zero attached hydrogens (tertiary/aromatic N) is 1. The van der Waals surface area contributed by atoms with E-state index < -0.39 is 0 Å². The van der Waals surface area contributed by atoms with Gasteiger partial charge in [-0.1, -0.05) is 17.8 Å². The minimum absolute atomic E-state index is 0.0339. The van der Waals surface area contributed by atoms with Gasteiger partial charge < -0.3 is 10.1 Å². The second kappa shape index (κ2) is 3.31. The van der Waals surface area contributed by atoms with Crippen LogP contribution in [0.2, 0.25) is 0 Å². The second-order valence-electron chi connectivity index (χ2n) is 1.66. The number of aromatic hydroxyl groups is 1. The molecule has 1 heterocycles. The van der Waals surface area contributed by atoms with Crippen molar-refractivity contribution in [2.75, 3.05) is 5.75 Å². The van der Waals surface area contributed by atoms with Gasteiger partial charge in [-0.2, -0.15) is 4.98 Å². The first-order valence-electron chi connectivity index (χ1n) is 2.81. The molecule has 1 aromatic heterocycles. The predicted molar refractivity (Wildman–Crippen MR) is 41.2 cm³/mol. The molecule has 0 bridgehead atoms. The maximum absolute atomic E-state index is 8.77. The van der Waals surface area contributed by atoms with Gasteiger partial charge in [0.2, 0.25) is 5.88 Å².